The Hall–Kier alpha value is -2.76. The Labute approximate surface area is 159 Å². The summed E-state index contributed by atoms with van der Waals surface area (Å²) in [4.78, 5) is 34.2. The fourth-order valence-corrected chi connectivity index (χ4v) is 3.43. The first-order chi connectivity index (χ1) is 12.7. The quantitative estimate of drug-likeness (QED) is 0.897. The van der Waals surface area contributed by atoms with Crippen LogP contribution in [0.4, 0.5) is 0 Å². The second kappa shape index (κ2) is 7.47. The first-order valence-electron chi connectivity index (χ1n) is 9.18. The zero-order valence-corrected chi connectivity index (χ0v) is 16.0. The van der Waals surface area contributed by atoms with Gasteiger partial charge in [-0.3, -0.25) is 4.79 Å². The third kappa shape index (κ3) is 4.51. The van der Waals surface area contributed by atoms with Crippen LogP contribution in [0.25, 0.3) is 11.3 Å². The largest absolute Gasteiger partial charge is 0.478 e. The van der Waals surface area contributed by atoms with Gasteiger partial charge in [0, 0.05) is 29.8 Å². The predicted molar refractivity (Wildman–Crippen MR) is 102 cm³/mol. The normalized spacial score (nSPS) is 17.1. The molecular formula is C21H25N3O3. The molecular weight excluding hydrogens is 342 g/mol. The molecule has 1 N–H and O–H groups in total. The van der Waals surface area contributed by atoms with Gasteiger partial charge >= 0.3 is 5.97 Å². The van der Waals surface area contributed by atoms with E-state index in [9.17, 15) is 9.59 Å². The molecule has 1 atom stereocenters. The summed E-state index contributed by atoms with van der Waals surface area (Å²) in [6.45, 7) is 7.39. The number of aromatic carboxylic acids is 1. The molecule has 1 fully saturated rings. The maximum atomic E-state index is 12.4. The Morgan fingerprint density at radius 3 is 2.70 bits per heavy atom. The van der Waals surface area contributed by atoms with E-state index in [1.807, 2.05) is 37.8 Å². The first-order valence-corrected chi connectivity index (χ1v) is 9.18. The second-order valence-corrected chi connectivity index (χ2v) is 8.14. The molecule has 0 radical (unpaired) electrons. The number of rotatable bonds is 4. The van der Waals surface area contributed by atoms with Gasteiger partial charge in [0.05, 0.1) is 11.3 Å². The van der Waals surface area contributed by atoms with E-state index < -0.39 is 5.97 Å². The maximum Gasteiger partial charge on any atom is 0.335 e. The van der Waals surface area contributed by atoms with Gasteiger partial charge in [-0.2, -0.15) is 0 Å². The number of aromatic nitrogens is 2. The molecule has 1 aliphatic heterocycles. The van der Waals surface area contributed by atoms with Gasteiger partial charge in [-0.25, -0.2) is 14.8 Å². The number of benzene rings is 1. The molecule has 1 aromatic carbocycles. The number of hydrogen-bond donors (Lipinski definition) is 1. The van der Waals surface area contributed by atoms with E-state index in [1.54, 1.807) is 18.2 Å². The van der Waals surface area contributed by atoms with E-state index in [0.29, 0.717) is 11.6 Å². The topological polar surface area (TPSA) is 83.4 Å². The van der Waals surface area contributed by atoms with Crippen LogP contribution in [-0.4, -0.2) is 44.9 Å². The van der Waals surface area contributed by atoms with Gasteiger partial charge in [-0.1, -0.05) is 32.9 Å². The van der Waals surface area contributed by atoms with Crippen molar-refractivity contribution in [2.75, 3.05) is 13.1 Å². The van der Waals surface area contributed by atoms with Crippen LogP contribution < -0.4 is 0 Å². The van der Waals surface area contributed by atoms with Gasteiger partial charge in [0.25, 0.3) is 0 Å². The third-order valence-electron chi connectivity index (χ3n) is 4.84. The minimum Gasteiger partial charge on any atom is -0.478 e. The van der Waals surface area contributed by atoms with Crippen molar-refractivity contribution in [2.45, 2.75) is 33.6 Å². The maximum absolute atomic E-state index is 12.4. The van der Waals surface area contributed by atoms with Crippen LogP contribution in [0.3, 0.4) is 0 Å². The van der Waals surface area contributed by atoms with Crippen molar-refractivity contribution < 1.29 is 14.7 Å². The lowest BCUT2D eigenvalue weighted by Crippen LogP contribution is -2.38. The zero-order valence-electron chi connectivity index (χ0n) is 16.0. The highest BCUT2D eigenvalue weighted by Crippen LogP contribution is 2.26. The van der Waals surface area contributed by atoms with Crippen molar-refractivity contribution in [3.63, 3.8) is 0 Å². The van der Waals surface area contributed by atoms with Crippen LogP contribution in [0.1, 0.15) is 43.2 Å². The fourth-order valence-electron chi connectivity index (χ4n) is 3.43. The molecule has 1 aliphatic rings. The number of carbonyl (C=O) groups is 2. The van der Waals surface area contributed by atoms with Crippen LogP contribution in [-0.2, 0) is 11.2 Å². The van der Waals surface area contributed by atoms with E-state index in [2.05, 4.69) is 9.97 Å². The lowest BCUT2D eigenvalue weighted by atomic mass is 9.95. The fraction of sp³-hybridized carbons (Fsp3) is 0.429. The molecule has 2 aromatic rings. The van der Waals surface area contributed by atoms with Gasteiger partial charge in [-0.05, 0) is 37.0 Å². The minimum atomic E-state index is -0.958. The van der Waals surface area contributed by atoms with Crippen molar-refractivity contribution in [3.8, 4) is 11.3 Å². The summed E-state index contributed by atoms with van der Waals surface area (Å²) in [7, 11) is 0. The van der Waals surface area contributed by atoms with Gasteiger partial charge in [0.15, 0.2) is 0 Å². The summed E-state index contributed by atoms with van der Waals surface area (Å²) in [6.07, 6.45) is 3.27. The Kier molecular flexibility index (Phi) is 5.26. The van der Waals surface area contributed by atoms with Crippen molar-refractivity contribution in [3.05, 3.63) is 47.9 Å². The Bertz CT molecular complexity index is 858. The van der Waals surface area contributed by atoms with Crippen LogP contribution in [0.2, 0.25) is 0 Å². The molecule has 1 saturated heterocycles. The van der Waals surface area contributed by atoms with E-state index in [-0.39, 0.29) is 16.9 Å². The molecule has 3 rings (SSSR count). The number of carboxylic acids is 1. The van der Waals surface area contributed by atoms with E-state index in [0.717, 1.165) is 37.2 Å². The molecule has 0 unspecified atom stereocenters. The van der Waals surface area contributed by atoms with Crippen LogP contribution in [0.15, 0.2) is 36.7 Å². The molecule has 27 heavy (non-hydrogen) atoms. The Balaban J connectivity index is 1.71. The second-order valence-electron chi connectivity index (χ2n) is 8.14. The lowest BCUT2D eigenvalue weighted by molar-refractivity contribution is -0.138. The molecule has 6 heteroatoms. The number of carbonyl (C=O) groups excluding carboxylic acids is 1. The monoisotopic (exact) mass is 367 g/mol. The van der Waals surface area contributed by atoms with E-state index in [4.69, 9.17) is 5.11 Å². The number of likely N-dealkylation sites (tertiary alicyclic amines) is 1. The molecule has 1 amide bonds. The third-order valence-corrected chi connectivity index (χ3v) is 4.84. The van der Waals surface area contributed by atoms with Crippen LogP contribution in [0.5, 0.6) is 0 Å². The molecule has 142 valence electrons. The summed E-state index contributed by atoms with van der Waals surface area (Å²) in [5, 5.41) is 9.16. The Morgan fingerprint density at radius 2 is 2.00 bits per heavy atom. The first kappa shape index (κ1) is 19.0. The number of amides is 1. The lowest BCUT2D eigenvalue weighted by Gasteiger charge is -2.25. The smallest absolute Gasteiger partial charge is 0.335 e. The minimum absolute atomic E-state index is 0.193. The summed E-state index contributed by atoms with van der Waals surface area (Å²) in [5.74, 6) is -0.385. The molecule has 6 nitrogen and oxygen atoms in total. The number of carboxylic acid groups (broad SMARTS) is 1. The molecule has 0 saturated carbocycles. The predicted octanol–water partition coefficient (Wildman–Crippen LogP) is 3.28. The summed E-state index contributed by atoms with van der Waals surface area (Å²) in [6, 6.07) is 8.65. The average Bonchev–Trinajstić information content (AvgIpc) is 3.09. The van der Waals surface area contributed by atoms with E-state index in [1.165, 1.54) is 6.33 Å². The average molecular weight is 367 g/mol. The van der Waals surface area contributed by atoms with Gasteiger partial charge in [-0.15, -0.1) is 0 Å². The molecule has 1 aromatic heterocycles. The molecule has 2 heterocycles. The summed E-state index contributed by atoms with van der Waals surface area (Å²) in [5.41, 5.74) is 2.26. The summed E-state index contributed by atoms with van der Waals surface area (Å²) >= 11 is 0. The van der Waals surface area contributed by atoms with Gasteiger partial charge in [0.1, 0.15) is 6.33 Å². The summed E-state index contributed by atoms with van der Waals surface area (Å²) < 4.78 is 0. The zero-order chi connectivity index (χ0) is 19.6. The highest BCUT2D eigenvalue weighted by Gasteiger charge is 2.32. The van der Waals surface area contributed by atoms with E-state index >= 15 is 0 Å². The number of nitrogens with zero attached hydrogens (tertiary/aromatic N) is 3. The van der Waals surface area contributed by atoms with Gasteiger partial charge in [0.2, 0.25) is 5.91 Å². The van der Waals surface area contributed by atoms with Crippen LogP contribution >= 0.6 is 0 Å². The Morgan fingerprint density at radius 1 is 1.22 bits per heavy atom. The van der Waals surface area contributed by atoms with Crippen molar-refractivity contribution in [1.82, 2.24) is 14.9 Å². The van der Waals surface area contributed by atoms with Crippen LogP contribution in [0, 0.1) is 11.3 Å². The molecule has 0 spiro atoms. The molecule has 0 bridgehead atoms. The number of hydrogen-bond acceptors (Lipinski definition) is 4. The van der Waals surface area contributed by atoms with Crippen molar-refractivity contribution in [1.29, 1.82) is 0 Å². The van der Waals surface area contributed by atoms with Crippen molar-refractivity contribution in [2.24, 2.45) is 11.3 Å². The standard InChI is InChI=1S/C21H25N3O3/c1-21(2,3)20(27)24-8-7-14(12-24)9-17-11-18(23-13-22-17)15-5-4-6-16(10-15)19(25)26/h4-6,10-11,13-14H,7-9,12H2,1-3H3,(H,25,26)/t14-/m1/s1. The van der Waals surface area contributed by atoms with Crippen molar-refractivity contribution >= 4 is 11.9 Å². The highest BCUT2D eigenvalue weighted by molar-refractivity contribution is 5.89. The SMILES string of the molecule is CC(C)(C)C(=O)N1CC[C@H](Cc2cc(-c3cccc(C(=O)O)c3)ncn2)C1. The highest BCUT2D eigenvalue weighted by atomic mass is 16.4. The molecule has 0 aliphatic carbocycles. The van der Waals surface area contributed by atoms with Gasteiger partial charge < -0.3 is 10.0 Å².